The fraction of sp³-hybridized carbons (Fsp3) is 0.875. The molecule has 6 nitrogen and oxygen atoms in total. The summed E-state index contributed by atoms with van der Waals surface area (Å²) in [6, 6.07) is 0. The lowest BCUT2D eigenvalue weighted by molar-refractivity contribution is -0.182. The zero-order valence-corrected chi connectivity index (χ0v) is 19.1. The smallest absolute Gasteiger partial charge is 0.306 e. The van der Waals surface area contributed by atoms with Gasteiger partial charge in [0.15, 0.2) is 0 Å². The van der Waals surface area contributed by atoms with Gasteiger partial charge in [-0.05, 0) is 56.9 Å². The van der Waals surface area contributed by atoms with Gasteiger partial charge in [-0.2, -0.15) is 0 Å². The van der Waals surface area contributed by atoms with E-state index in [0.29, 0.717) is 38.0 Å². The van der Waals surface area contributed by atoms with E-state index >= 15 is 0 Å². The Labute approximate surface area is 180 Å². The maximum Gasteiger partial charge on any atom is 0.306 e. The van der Waals surface area contributed by atoms with E-state index in [1.54, 1.807) is 6.92 Å². The van der Waals surface area contributed by atoms with E-state index in [0.717, 1.165) is 5.57 Å². The maximum atomic E-state index is 12.5. The van der Waals surface area contributed by atoms with Crippen molar-refractivity contribution >= 4 is 5.97 Å². The molecule has 1 aliphatic carbocycles. The zero-order chi connectivity index (χ0) is 22.4. The number of aliphatic hydroxyl groups excluding tert-OH is 2. The van der Waals surface area contributed by atoms with Crippen LogP contribution < -0.4 is 0 Å². The van der Waals surface area contributed by atoms with Gasteiger partial charge in [0.1, 0.15) is 11.7 Å². The first kappa shape index (κ1) is 23.7. The average molecular weight is 425 g/mol. The third kappa shape index (κ3) is 4.21. The van der Waals surface area contributed by atoms with Gasteiger partial charge in [0.25, 0.3) is 0 Å². The molecular formula is C24H40O6. The molecule has 3 rings (SSSR count). The number of ether oxygens (including phenoxy) is 2. The Morgan fingerprint density at radius 2 is 2.00 bits per heavy atom. The van der Waals surface area contributed by atoms with Crippen molar-refractivity contribution < 1.29 is 29.6 Å². The van der Waals surface area contributed by atoms with Crippen molar-refractivity contribution in [1.29, 1.82) is 0 Å². The third-order valence-electron chi connectivity index (χ3n) is 7.84. The lowest BCUT2D eigenvalue weighted by Crippen LogP contribution is -2.53. The summed E-state index contributed by atoms with van der Waals surface area (Å²) in [6.07, 6.45) is 0.290. The number of carbonyl (C=O) groups excluding carboxylic acids is 1. The van der Waals surface area contributed by atoms with Crippen LogP contribution in [0, 0.1) is 23.7 Å². The molecule has 0 aromatic carbocycles. The Balaban J connectivity index is 2.07. The summed E-state index contributed by atoms with van der Waals surface area (Å²) in [4.78, 5) is 12.5. The van der Waals surface area contributed by atoms with Crippen molar-refractivity contribution in [2.75, 3.05) is 0 Å². The van der Waals surface area contributed by atoms with Gasteiger partial charge in [-0.15, -0.1) is 0 Å². The zero-order valence-electron chi connectivity index (χ0n) is 19.1. The first-order valence-corrected chi connectivity index (χ1v) is 11.6. The molecule has 0 aromatic rings. The SMILES string of the molecule is C=C1C(O)CC(C(C)C)C2C1C1CC(C)(O)C(O)CCC(C)(OC(=O)CCC)C2O1. The van der Waals surface area contributed by atoms with Crippen LogP contribution in [0.1, 0.15) is 73.1 Å². The van der Waals surface area contributed by atoms with Gasteiger partial charge >= 0.3 is 5.97 Å². The normalized spacial score (nSPS) is 46.7. The summed E-state index contributed by atoms with van der Waals surface area (Å²) < 4.78 is 12.6. The molecule has 2 aliphatic heterocycles. The van der Waals surface area contributed by atoms with Crippen LogP contribution in [0.2, 0.25) is 0 Å². The van der Waals surface area contributed by atoms with Crippen molar-refractivity contribution in [3.63, 3.8) is 0 Å². The van der Waals surface area contributed by atoms with Gasteiger partial charge in [0.05, 0.1) is 23.9 Å². The maximum absolute atomic E-state index is 12.5. The summed E-state index contributed by atoms with van der Waals surface area (Å²) in [6.45, 7) is 14.0. The molecule has 0 radical (unpaired) electrons. The fourth-order valence-corrected chi connectivity index (χ4v) is 6.05. The molecule has 2 bridgehead atoms. The van der Waals surface area contributed by atoms with Crippen molar-refractivity contribution in [1.82, 2.24) is 0 Å². The third-order valence-corrected chi connectivity index (χ3v) is 7.84. The molecule has 3 fully saturated rings. The molecule has 0 amide bonds. The second kappa shape index (κ2) is 8.53. The summed E-state index contributed by atoms with van der Waals surface area (Å²) in [5.41, 5.74) is -1.52. The lowest BCUT2D eigenvalue weighted by Gasteiger charge is -2.47. The van der Waals surface area contributed by atoms with E-state index in [2.05, 4.69) is 20.4 Å². The molecule has 9 unspecified atom stereocenters. The summed E-state index contributed by atoms with van der Waals surface area (Å²) >= 11 is 0. The monoisotopic (exact) mass is 424 g/mol. The highest BCUT2D eigenvalue weighted by atomic mass is 16.6. The topological polar surface area (TPSA) is 96.2 Å². The first-order valence-electron chi connectivity index (χ1n) is 11.6. The second-order valence-electron chi connectivity index (χ2n) is 10.6. The van der Waals surface area contributed by atoms with Crippen LogP contribution in [-0.2, 0) is 14.3 Å². The summed E-state index contributed by atoms with van der Waals surface area (Å²) in [5, 5.41) is 32.5. The molecule has 0 aromatic heterocycles. The van der Waals surface area contributed by atoms with E-state index in [9.17, 15) is 20.1 Å². The number of hydrogen-bond acceptors (Lipinski definition) is 6. The van der Waals surface area contributed by atoms with Gasteiger partial charge in [0, 0.05) is 24.7 Å². The predicted octanol–water partition coefficient (Wildman–Crippen LogP) is 2.98. The van der Waals surface area contributed by atoms with Crippen LogP contribution >= 0.6 is 0 Å². The number of carbonyl (C=O) groups is 1. The Morgan fingerprint density at radius 3 is 2.60 bits per heavy atom. The van der Waals surface area contributed by atoms with Crippen molar-refractivity contribution in [3.8, 4) is 0 Å². The second-order valence-corrected chi connectivity index (χ2v) is 10.6. The van der Waals surface area contributed by atoms with Crippen molar-refractivity contribution in [3.05, 3.63) is 12.2 Å². The van der Waals surface area contributed by atoms with E-state index in [4.69, 9.17) is 9.47 Å². The molecule has 2 heterocycles. The van der Waals surface area contributed by atoms with Crippen LogP contribution in [-0.4, -0.2) is 56.9 Å². The van der Waals surface area contributed by atoms with Gasteiger partial charge < -0.3 is 24.8 Å². The van der Waals surface area contributed by atoms with E-state index in [1.807, 2.05) is 13.8 Å². The highest BCUT2D eigenvalue weighted by Crippen LogP contribution is 2.56. The Hall–Kier alpha value is -0.950. The molecule has 30 heavy (non-hydrogen) atoms. The largest absolute Gasteiger partial charge is 0.457 e. The van der Waals surface area contributed by atoms with Gasteiger partial charge in [-0.25, -0.2) is 0 Å². The summed E-state index contributed by atoms with van der Waals surface area (Å²) in [5.74, 6) is 0.127. The molecule has 3 N–H and O–H groups in total. The number of hydrogen-bond donors (Lipinski definition) is 3. The molecule has 9 atom stereocenters. The van der Waals surface area contributed by atoms with Crippen molar-refractivity contribution in [2.45, 2.75) is 109 Å². The lowest BCUT2D eigenvalue weighted by atomic mass is 9.60. The quantitative estimate of drug-likeness (QED) is 0.474. The van der Waals surface area contributed by atoms with E-state index in [1.165, 1.54) is 0 Å². The Kier molecular flexibility index (Phi) is 6.74. The standard InChI is InChI=1S/C24H40O6/c1-7-8-19(27)30-24(6)10-9-18(26)23(5,28)12-17-20-14(4)16(25)11-15(13(2)3)21(20)22(24)29-17/h13,15-18,20-22,25-26,28H,4,7-12H2,1-3,5-6H3. The minimum absolute atomic E-state index is 0.0383. The van der Waals surface area contributed by atoms with Gasteiger partial charge in [-0.3, -0.25) is 4.79 Å². The minimum atomic E-state index is -1.33. The number of aliphatic hydroxyl groups is 3. The van der Waals surface area contributed by atoms with Crippen LogP contribution in [0.5, 0.6) is 0 Å². The molecule has 2 saturated heterocycles. The highest BCUT2D eigenvalue weighted by Gasteiger charge is 2.61. The van der Waals surface area contributed by atoms with Crippen molar-refractivity contribution in [2.24, 2.45) is 23.7 Å². The molecule has 1 saturated carbocycles. The number of fused-ring (bicyclic) bond motifs is 5. The van der Waals surface area contributed by atoms with Gasteiger partial charge in [-0.1, -0.05) is 27.4 Å². The van der Waals surface area contributed by atoms with E-state index < -0.39 is 29.5 Å². The molecule has 3 aliphatic rings. The molecule has 172 valence electrons. The summed E-state index contributed by atoms with van der Waals surface area (Å²) in [7, 11) is 0. The number of rotatable bonds is 4. The fourth-order valence-electron chi connectivity index (χ4n) is 6.05. The molecule has 0 spiro atoms. The first-order chi connectivity index (χ1) is 13.9. The van der Waals surface area contributed by atoms with Crippen LogP contribution in [0.15, 0.2) is 12.2 Å². The predicted molar refractivity (Wildman–Crippen MR) is 114 cm³/mol. The highest BCUT2D eigenvalue weighted by molar-refractivity contribution is 5.69. The van der Waals surface area contributed by atoms with Crippen LogP contribution in [0.25, 0.3) is 0 Å². The Bertz CT molecular complexity index is 658. The van der Waals surface area contributed by atoms with Gasteiger partial charge in [0.2, 0.25) is 0 Å². The van der Waals surface area contributed by atoms with Crippen LogP contribution in [0.3, 0.4) is 0 Å². The molecular weight excluding hydrogens is 384 g/mol. The molecule has 6 heteroatoms. The minimum Gasteiger partial charge on any atom is -0.457 e. The van der Waals surface area contributed by atoms with Crippen LogP contribution in [0.4, 0.5) is 0 Å². The Morgan fingerprint density at radius 1 is 1.33 bits per heavy atom. The average Bonchev–Trinajstić information content (AvgIpc) is 3.02. The number of esters is 1. The van der Waals surface area contributed by atoms with E-state index in [-0.39, 0.29) is 36.2 Å².